The van der Waals surface area contributed by atoms with Crippen LogP contribution in [0.3, 0.4) is 0 Å². The predicted octanol–water partition coefficient (Wildman–Crippen LogP) is 5.12. The maximum atomic E-state index is 13.3. The highest BCUT2D eigenvalue weighted by molar-refractivity contribution is 7.22. The van der Waals surface area contributed by atoms with Crippen LogP contribution >= 0.6 is 11.3 Å². The summed E-state index contributed by atoms with van der Waals surface area (Å²) in [6, 6.07) is 24.4. The summed E-state index contributed by atoms with van der Waals surface area (Å²) in [7, 11) is -1.55. The number of nitrogens with zero attached hydrogens (tertiary/aromatic N) is 3. The highest BCUT2D eigenvalue weighted by Gasteiger charge is 2.45. The Kier molecular flexibility index (Phi) is 11.7. The number of phenolic OH excluding ortho intramolecular Hbond substituents is 1. The van der Waals surface area contributed by atoms with E-state index >= 15 is 0 Å². The lowest BCUT2D eigenvalue weighted by Crippen LogP contribution is -2.54. The van der Waals surface area contributed by atoms with E-state index in [9.17, 15) is 34.3 Å². The number of fused-ring (bicyclic) bond motifs is 2. The van der Waals surface area contributed by atoms with Crippen molar-refractivity contribution in [1.82, 2.24) is 20.0 Å². The van der Waals surface area contributed by atoms with Crippen LogP contribution in [0.25, 0.3) is 20.5 Å². The number of rotatable bonds is 12. The van der Waals surface area contributed by atoms with Crippen LogP contribution < -0.4 is 20.3 Å². The van der Waals surface area contributed by atoms with E-state index in [4.69, 9.17) is 9.47 Å². The fourth-order valence-corrected chi connectivity index (χ4v) is 10.2. The number of benzene rings is 4. The number of likely N-dealkylation sites (tertiary alicyclic amines) is 2. The minimum atomic E-state index is -1.55. The first-order valence-corrected chi connectivity index (χ1v) is 21.8. The molecule has 4 aliphatic heterocycles. The Balaban J connectivity index is 0.716. The van der Waals surface area contributed by atoms with Crippen molar-refractivity contribution in [2.45, 2.75) is 50.5 Å². The molecule has 5 aromatic rings. The topological polar surface area (TPSA) is 169 Å². The van der Waals surface area contributed by atoms with Crippen LogP contribution in [0.4, 0.5) is 0 Å². The van der Waals surface area contributed by atoms with Crippen molar-refractivity contribution in [2.24, 2.45) is 5.92 Å². The highest BCUT2D eigenvalue weighted by Crippen LogP contribution is 2.47. The number of nitrogens with one attached hydrogen (secondary N) is 1. The third kappa shape index (κ3) is 8.66. The van der Waals surface area contributed by atoms with Gasteiger partial charge in [-0.25, -0.2) is 0 Å². The van der Waals surface area contributed by atoms with Gasteiger partial charge >= 0.3 is 7.12 Å². The van der Waals surface area contributed by atoms with Gasteiger partial charge in [-0.15, -0.1) is 11.3 Å². The lowest BCUT2D eigenvalue weighted by molar-refractivity contribution is -0.136. The summed E-state index contributed by atoms with van der Waals surface area (Å²) in [5.41, 5.74) is 2.98. The molecule has 0 bridgehead atoms. The molecule has 13 nitrogen and oxygen atoms in total. The molecule has 15 heteroatoms. The molecule has 0 saturated carbocycles. The van der Waals surface area contributed by atoms with Gasteiger partial charge in [0.1, 0.15) is 23.3 Å². The van der Waals surface area contributed by atoms with Gasteiger partial charge in [0.05, 0.1) is 22.6 Å². The number of carbonyl (C=O) groups excluding carboxylic acids is 4. The quantitative estimate of drug-likeness (QED) is 0.0973. The van der Waals surface area contributed by atoms with E-state index in [1.807, 2.05) is 54.6 Å². The molecule has 3 saturated heterocycles. The normalized spacial score (nSPS) is 19.4. The zero-order valence-electron chi connectivity index (χ0n) is 33.6. The van der Waals surface area contributed by atoms with Gasteiger partial charge in [0.15, 0.2) is 5.75 Å². The summed E-state index contributed by atoms with van der Waals surface area (Å²) in [4.78, 5) is 57.5. The second-order valence-corrected chi connectivity index (χ2v) is 17.5. The van der Waals surface area contributed by atoms with E-state index in [0.717, 1.165) is 102 Å². The standard InChI is InChI=1S/C46H47BN4O9S/c52-33-6-12-37-40(26-33)61-43(30-1-4-32(5-2-30)47(57)58)42(37)60-35-9-7-34(8-10-35)59-27-28-15-19-49(20-16-28)23-24-50-21-17-29(18-22-50)31-3-11-36-38(25-31)46(56)51(45(36)55)39-13-14-41(53)48-44(39)54/h1-12,25-26,28-29,39,52,57-58H,13-24,27H2,(H,48,53,54). The summed E-state index contributed by atoms with van der Waals surface area (Å²) < 4.78 is 13.6. The number of phenols is 1. The summed E-state index contributed by atoms with van der Waals surface area (Å²) in [5, 5.41) is 32.3. The molecule has 1 unspecified atom stereocenters. The zero-order valence-corrected chi connectivity index (χ0v) is 34.4. The van der Waals surface area contributed by atoms with Crippen LogP contribution in [0.1, 0.15) is 70.7 Å². The van der Waals surface area contributed by atoms with Crippen molar-refractivity contribution in [3.63, 3.8) is 0 Å². The Hall–Kier alpha value is -5.58. The molecule has 314 valence electrons. The molecular weight excluding hydrogens is 795 g/mol. The predicted molar refractivity (Wildman–Crippen MR) is 231 cm³/mol. The first kappa shape index (κ1) is 40.8. The number of aromatic hydroxyl groups is 1. The van der Waals surface area contributed by atoms with Crippen molar-refractivity contribution >= 4 is 57.6 Å². The Bertz CT molecular complexity index is 2460. The van der Waals surface area contributed by atoms with Crippen molar-refractivity contribution in [2.75, 3.05) is 45.9 Å². The maximum Gasteiger partial charge on any atom is 0.488 e. The Morgan fingerprint density at radius 3 is 2.10 bits per heavy atom. The Morgan fingerprint density at radius 1 is 0.738 bits per heavy atom. The number of hydrogen-bond acceptors (Lipinski definition) is 12. The van der Waals surface area contributed by atoms with Crippen LogP contribution in [0.5, 0.6) is 23.0 Å². The number of ether oxygens (including phenoxy) is 2. The number of piperidine rings is 3. The molecule has 4 N–H and O–H groups in total. The van der Waals surface area contributed by atoms with Crippen molar-refractivity contribution in [3.8, 4) is 33.4 Å². The molecule has 0 aliphatic carbocycles. The summed E-state index contributed by atoms with van der Waals surface area (Å²) >= 11 is 1.50. The molecule has 9 rings (SSSR count). The zero-order chi connectivity index (χ0) is 42.2. The van der Waals surface area contributed by atoms with Crippen LogP contribution in [0.2, 0.25) is 0 Å². The molecule has 4 aromatic carbocycles. The van der Waals surface area contributed by atoms with E-state index in [1.165, 1.54) is 11.3 Å². The summed E-state index contributed by atoms with van der Waals surface area (Å²) in [5.74, 6) is 1.12. The van der Waals surface area contributed by atoms with Crippen molar-refractivity contribution in [1.29, 1.82) is 0 Å². The summed E-state index contributed by atoms with van der Waals surface area (Å²) in [6.07, 6.45) is 4.33. The third-order valence-corrected chi connectivity index (χ3v) is 13.8. The lowest BCUT2D eigenvalue weighted by atomic mass is 9.80. The van der Waals surface area contributed by atoms with E-state index in [1.54, 1.807) is 30.3 Å². The van der Waals surface area contributed by atoms with Gasteiger partial charge < -0.3 is 34.4 Å². The van der Waals surface area contributed by atoms with Crippen LogP contribution in [0, 0.1) is 5.92 Å². The number of amides is 4. The molecule has 5 heterocycles. The van der Waals surface area contributed by atoms with E-state index in [0.29, 0.717) is 40.6 Å². The minimum Gasteiger partial charge on any atom is -0.508 e. The molecule has 0 radical (unpaired) electrons. The molecule has 1 atom stereocenters. The maximum absolute atomic E-state index is 13.3. The molecule has 4 aliphatic rings. The van der Waals surface area contributed by atoms with E-state index in [-0.39, 0.29) is 30.4 Å². The molecule has 4 amide bonds. The fraction of sp³-hybridized carbons (Fsp3) is 0.348. The first-order chi connectivity index (χ1) is 29.6. The molecule has 3 fully saturated rings. The van der Waals surface area contributed by atoms with Gasteiger partial charge in [0, 0.05) is 29.6 Å². The number of carbonyl (C=O) groups is 4. The Labute approximate surface area is 357 Å². The van der Waals surface area contributed by atoms with Gasteiger partial charge in [-0.05, 0) is 141 Å². The van der Waals surface area contributed by atoms with Gasteiger partial charge in [-0.3, -0.25) is 29.4 Å². The van der Waals surface area contributed by atoms with Crippen LogP contribution in [-0.4, -0.2) is 113 Å². The molecular formula is C46H47BN4O9S. The highest BCUT2D eigenvalue weighted by atomic mass is 32.1. The smallest absolute Gasteiger partial charge is 0.488 e. The largest absolute Gasteiger partial charge is 0.508 e. The van der Waals surface area contributed by atoms with Crippen LogP contribution in [-0.2, 0) is 9.59 Å². The first-order valence-electron chi connectivity index (χ1n) is 21.0. The average Bonchev–Trinajstić information content (AvgIpc) is 3.75. The van der Waals surface area contributed by atoms with Gasteiger partial charge in [0.25, 0.3) is 11.8 Å². The fourth-order valence-electron chi connectivity index (χ4n) is 8.99. The second kappa shape index (κ2) is 17.4. The van der Waals surface area contributed by atoms with E-state index < -0.39 is 30.9 Å². The van der Waals surface area contributed by atoms with Gasteiger partial charge in [0.2, 0.25) is 11.8 Å². The monoisotopic (exact) mass is 842 g/mol. The number of imide groups is 2. The van der Waals surface area contributed by atoms with Gasteiger partial charge in [-0.2, -0.15) is 0 Å². The van der Waals surface area contributed by atoms with Crippen LogP contribution in [0.15, 0.2) is 84.9 Å². The average molecular weight is 843 g/mol. The van der Waals surface area contributed by atoms with Gasteiger partial charge in [-0.1, -0.05) is 30.3 Å². The Morgan fingerprint density at radius 2 is 1.41 bits per heavy atom. The number of hydrogen-bond donors (Lipinski definition) is 4. The van der Waals surface area contributed by atoms with Crippen molar-refractivity contribution < 1.29 is 43.8 Å². The molecule has 0 spiro atoms. The lowest BCUT2D eigenvalue weighted by Gasteiger charge is -2.36. The second-order valence-electron chi connectivity index (χ2n) is 16.5. The molecule has 61 heavy (non-hydrogen) atoms. The third-order valence-electron chi connectivity index (χ3n) is 12.6. The van der Waals surface area contributed by atoms with Crippen molar-refractivity contribution in [3.05, 3.63) is 102 Å². The minimum absolute atomic E-state index is 0.0992. The molecule has 1 aromatic heterocycles. The number of thiophene rings is 1. The van der Waals surface area contributed by atoms with E-state index in [2.05, 4.69) is 15.1 Å². The SMILES string of the molecule is O=C1CCC(N2C(=O)c3ccc(C4CCN(CCN5CCC(COc6ccc(Oc7c(-c8ccc(B(O)O)cc8)sc8cc(O)ccc78)cc6)CC5)CC4)cc3C2=O)C(=O)N1. The summed E-state index contributed by atoms with van der Waals surface area (Å²) in [6.45, 7) is 6.67.